The van der Waals surface area contributed by atoms with Crippen molar-refractivity contribution in [2.75, 3.05) is 0 Å². The molecule has 1 aliphatic carbocycles. The number of hydrogen-bond acceptors (Lipinski definition) is 3. The van der Waals surface area contributed by atoms with Crippen molar-refractivity contribution in [3.8, 4) is 0 Å². The van der Waals surface area contributed by atoms with Crippen LogP contribution in [0.3, 0.4) is 0 Å². The van der Waals surface area contributed by atoms with E-state index in [4.69, 9.17) is 11.5 Å². The summed E-state index contributed by atoms with van der Waals surface area (Å²) in [6, 6.07) is 9.03. The van der Waals surface area contributed by atoms with Crippen LogP contribution in [0.15, 0.2) is 30.3 Å². The Labute approximate surface area is 118 Å². The summed E-state index contributed by atoms with van der Waals surface area (Å²) in [6.45, 7) is 0. The zero-order valence-corrected chi connectivity index (χ0v) is 11.5. The predicted molar refractivity (Wildman–Crippen MR) is 76.5 cm³/mol. The van der Waals surface area contributed by atoms with Gasteiger partial charge in [-0.2, -0.15) is 0 Å². The van der Waals surface area contributed by atoms with Gasteiger partial charge in [-0.1, -0.05) is 43.2 Å². The highest BCUT2D eigenvalue weighted by Gasteiger charge is 2.37. The first-order valence-electron chi connectivity index (χ1n) is 6.95. The van der Waals surface area contributed by atoms with E-state index in [2.05, 4.69) is 5.32 Å². The molecule has 1 aromatic rings. The highest BCUT2D eigenvalue weighted by atomic mass is 16.2. The SMILES string of the molecule is NC(=O)C[C@H](N)C(=O)NC1(c2ccccc2)CCCC1. The molecule has 0 saturated heterocycles. The van der Waals surface area contributed by atoms with Gasteiger partial charge < -0.3 is 16.8 Å². The minimum absolute atomic E-state index is 0.128. The molecule has 2 amide bonds. The summed E-state index contributed by atoms with van der Waals surface area (Å²) in [6.07, 6.45) is 3.80. The van der Waals surface area contributed by atoms with Gasteiger partial charge in [-0.05, 0) is 18.4 Å². The Bertz CT molecular complexity index is 481. The molecule has 0 spiro atoms. The number of hydrogen-bond donors (Lipinski definition) is 3. The highest BCUT2D eigenvalue weighted by Crippen LogP contribution is 2.38. The van der Waals surface area contributed by atoms with Crippen molar-refractivity contribution in [2.24, 2.45) is 11.5 Å². The molecule has 0 aliphatic heterocycles. The van der Waals surface area contributed by atoms with Crippen LogP contribution in [0.5, 0.6) is 0 Å². The van der Waals surface area contributed by atoms with Gasteiger partial charge in [0.25, 0.3) is 0 Å². The van der Waals surface area contributed by atoms with Crippen LogP contribution in [0, 0.1) is 0 Å². The monoisotopic (exact) mass is 275 g/mol. The summed E-state index contributed by atoms with van der Waals surface area (Å²) in [5.41, 5.74) is 11.5. The molecule has 1 aromatic carbocycles. The molecular weight excluding hydrogens is 254 g/mol. The van der Waals surface area contributed by atoms with Gasteiger partial charge in [-0.15, -0.1) is 0 Å². The molecule has 0 heterocycles. The van der Waals surface area contributed by atoms with E-state index in [-0.39, 0.29) is 17.9 Å². The third-order valence-electron chi connectivity index (χ3n) is 3.90. The largest absolute Gasteiger partial charge is 0.370 e. The lowest BCUT2D eigenvalue weighted by Gasteiger charge is -2.32. The Morgan fingerprint density at radius 1 is 1.20 bits per heavy atom. The standard InChI is InChI=1S/C15H21N3O2/c16-12(10-13(17)19)14(20)18-15(8-4-5-9-15)11-6-2-1-3-7-11/h1-3,6-7,12H,4-5,8-10,16H2,(H2,17,19)(H,18,20)/t12-/m0/s1. The molecule has 108 valence electrons. The maximum absolute atomic E-state index is 12.2. The Balaban J connectivity index is 2.14. The lowest BCUT2D eigenvalue weighted by molar-refractivity contribution is -0.127. The number of nitrogens with two attached hydrogens (primary N) is 2. The highest BCUT2D eigenvalue weighted by molar-refractivity contribution is 5.88. The van der Waals surface area contributed by atoms with Gasteiger partial charge in [-0.25, -0.2) is 0 Å². The Morgan fingerprint density at radius 3 is 2.35 bits per heavy atom. The smallest absolute Gasteiger partial charge is 0.238 e. The zero-order chi connectivity index (χ0) is 14.6. The molecule has 1 aliphatic rings. The van der Waals surface area contributed by atoms with Gasteiger partial charge in [0.15, 0.2) is 0 Å². The van der Waals surface area contributed by atoms with Crippen molar-refractivity contribution in [1.82, 2.24) is 5.32 Å². The first-order chi connectivity index (χ1) is 9.53. The van der Waals surface area contributed by atoms with Crippen molar-refractivity contribution < 1.29 is 9.59 Å². The first-order valence-corrected chi connectivity index (χ1v) is 6.95. The van der Waals surface area contributed by atoms with Gasteiger partial charge in [0.2, 0.25) is 11.8 Å². The second kappa shape index (κ2) is 6.05. The number of amides is 2. The summed E-state index contributed by atoms with van der Waals surface area (Å²) in [5, 5.41) is 3.04. The average Bonchev–Trinajstić information content (AvgIpc) is 2.88. The summed E-state index contributed by atoms with van der Waals surface area (Å²) in [5.74, 6) is -0.873. The lowest BCUT2D eigenvalue weighted by atomic mass is 9.87. The molecule has 5 heteroatoms. The molecule has 20 heavy (non-hydrogen) atoms. The Kier molecular flexibility index (Phi) is 4.39. The van der Waals surface area contributed by atoms with Gasteiger partial charge in [0.05, 0.1) is 18.0 Å². The van der Waals surface area contributed by atoms with E-state index < -0.39 is 11.9 Å². The second-order valence-electron chi connectivity index (χ2n) is 5.42. The van der Waals surface area contributed by atoms with Crippen molar-refractivity contribution in [2.45, 2.75) is 43.7 Å². The third-order valence-corrected chi connectivity index (χ3v) is 3.90. The molecule has 1 saturated carbocycles. The van der Waals surface area contributed by atoms with Gasteiger partial charge in [0.1, 0.15) is 0 Å². The van der Waals surface area contributed by atoms with E-state index in [1.54, 1.807) is 0 Å². The number of rotatable bonds is 5. The molecular formula is C15H21N3O2. The second-order valence-corrected chi connectivity index (χ2v) is 5.42. The first kappa shape index (κ1) is 14.5. The van der Waals surface area contributed by atoms with Crippen LogP contribution in [0.25, 0.3) is 0 Å². The summed E-state index contributed by atoms with van der Waals surface area (Å²) in [4.78, 5) is 23.0. The third kappa shape index (κ3) is 3.17. The maximum Gasteiger partial charge on any atom is 0.238 e. The van der Waals surface area contributed by atoms with E-state index in [9.17, 15) is 9.59 Å². The normalized spacial score (nSPS) is 18.4. The zero-order valence-electron chi connectivity index (χ0n) is 11.5. The Morgan fingerprint density at radius 2 is 1.80 bits per heavy atom. The number of primary amides is 1. The number of carbonyl (C=O) groups is 2. The van der Waals surface area contributed by atoms with Crippen LogP contribution in [-0.4, -0.2) is 17.9 Å². The molecule has 0 unspecified atom stereocenters. The van der Waals surface area contributed by atoms with E-state index >= 15 is 0 Å². The molecule has 1 fully saturated rings. The van der Waals surface area contributed by atoms with Crippen LogP contribution in [0.2, 0.25) is 0 Å². The minimum Gasteiger partial charge on any atom is -0.370 e. The van der Waals surface area contributed by atoms with Crippen LogP contribution in [0.4, 0.5) is 0 Å². The van der Waals surface area contributed by atoms with Gasteiger partial charge in [-0.3, -0.25) is 9.59 Å². The molecule has 5 nitrogen and oxygen atoms in total. The van der Waals surface area contributed by atoms with Crippen molar-refractivity contribution in [1.29, 1.82) is 0 Å². The van der Waals surface area contributed by atoms with Crippen molar-refractivity contribution in [3.63, 3.8) is 0 Å². The quantitative estimate of drug-likeness (QED) is 0.740. The van der Waals surface area contributed by atoms with E-state index in [1.807, 2.05) is 30.3 Å². The van der Waals surface area contributed by atoms with Gasteiger partial charge >= 0.3 is 0 Å². The lowest BCUT2D eigenvalue weighted by Crippen LogP contribution is -2.51. The van der Waals surface area contributed by atoms with Crippen molar-refractivity contribution >= 4 is 11.8 Å². The molecule has 0 bridgehead atoms. The maximum atomic E-state index is 12.2. The van der Waals surface area contributed by atoms with Gasteiger partial charge in [0, 0.05) is 0 Å². The average molecular weight is 275 g/mol. The molecule has 1 atom stereocenters. The molecule has 0 radical (unpaired) electrons. The summed E-state index contributed by atoms with van der Waals surface area (Å²) >= 11 is 0. The van der Waals surface area contributed by atoms with Crippen LogP contribution in [0.1, 0.15) is 37.7 Å². The predicted octanol–water partition coefficient (Wildman–Crippen LogP) is 0.775. The fourth-order valence-corrected chi connectivity index (χ4v) is 2.86. The van der Waals surface area contributed by atoms with E-state index in [0.29, 0.717) is 0 Å². The van der Waals surface area contributed by atoms with E-state index in [1.165, 1.54) is 0 Å². The fourth-order valence-electron chi connectivity index (χ4n) is 2.86. The fraction of sp³-hybridized carbons (Fsp3) is 0.467. The number of benzene rings is 1. The number of nitrogens with one attached hydrogen (secondary N) is 1. The molecule has 5 N–H and O–H groups in total. The topological polar surface area (TPSA) is 98.2 Å². The van der Waals surface area contributed by atoms with E-state index in [0.717, 1.165) is 31.2 Å². The number of carbonyl (C=O) groups excluding carboxylic acids is 2. The van der Waals surface area contributed by atoms with Crippen LogP contribution < -0.4 is 16.8 Å². The minimum atomic E-state index is -0.881. The van der Waals surface area contributed by atoms with Crippen LogP contribution >= 0.6 is 0 Å². The molecule has 2 rings (SSSR count). The molecule has 0 aromatic heterocycles. The van der Waals surface area contributed by atoms with Crippen molar-refractivity contribution in [3.05, 3.63) is 35.9 Å². The summed E-state index contributed by atoms with van der Waals surface area (Å²) in [7, 11) is 0. The van der Waals surface area contributed by atoms with Crippen LogP contribution in [-0.2, 0) is 15.1 Å². The summed E-state index contributed by atoms with van der Waals surface area (Å²) < 4.78 is 0. The Hall–Kier alpha value is -1.88.